The minimum absolute atomic E-state index is 0.114. The largest absolute Gasteiger partial charge is 0.459 e. The first-order valence-electron chi connectivity index (χ1n) is 21.4. The second-order valence-electron chi connectivity index (χ2n) is 18.6. The fourth-order valence-electron chi connectivity index (χ4n) is 10.0. The molecule has 0 amide bonds. The molecule has 0 radical (unpaired) electrons. The number of esters is 1. The van der Waals surface area contributed by atoms with Crippen molar-refractivity contribution in [3.8, 4) is 0 Å². The number of hydrogen-bond acceptors (Lipinski definition) is 16. The summed E-state index contributed by atoms with van der Waals surface area (Å²) in [5, 5.41) is 51.2. The van der Waals surface area contributed by atoms with Crippen molar-refractivity contribution in [2.45, 2.75) is 191 Å². The number of fused-ring (bicyclic) bond motifs is 2. The number of carbonyl (C=O) groups excluding carboxylic acids is 1. The summed E-state index contributed by atoms with van der Waals surface area (Å²) < 4.78 is 55.8. The van der Waals surface area contributed by atoms with Gasteiger partial charge in [0.25, 0.3) is 0 Å². The van der Waals surface area contributed by atoms with Crippen LogP contribution in [0.1, 0.15) is 94.9 Å². The molecule has 5 N–H and O–H groups in total. The van der Waals surface area contributed by atoms with Crippen molar-refractivity contribution < 1.29 is 67.9 Å². The zero-order chi connectivity index (χ0) is 43.5. The average Bonchev–Trinajstić information content (AvgIpc) is 3.15. The predicted molar refractivity (Wildman–Crippen MR) is 214 cm³/mol. The Morgan fingerprint density at radius 3 is 2.17 bits per heavy atom. The van der Waals surface area contributed by atoms with E-state index < -0.39 is 114 Å². The molecule has 58 heavy (non-hydrogen) atoms. The van der Waals surface area contributed by atoms with Gasteiger partial charge in [0.2, 0.25) is 0 Å². The van der Waals surface area contributed by atoms with Gasteiger partial charge in [0.05, 0.1) is 67.5 Å². The van der Waals surface area contributed by atoms with Crippen LogP contribution < -0.4 is 5.32 Å². The first-order chi connectivity index (χ1) is 27.0. The minimum atomic E-state index is -1.69. The van der Waals surface area contributed by atoms with Crippen LogP contribution in [0.25, 0.3) is 0 Å². The van der Waals surface area contributed by atoms with Crippen molar-refractivity contribution in [1.82, 2.24) is 10.2 Å². The molecule has 4 rings (SSSR count). The number of nitrogens with one attached hydrogen (secondary N) is 1. The molecule has 4 saturated heterocycles. The predicted octanol–water partition coefficient (Wildman–Crippen LogP) is 2.20. The summed E-state index contributed by atoms with van der Waals surface area (Å²) >= 11 is 0. The van der Waals surface area contributed by atoms with E-state index in [-0.39, 0.29) is 38.0 Å². The highest BCUT2D eigenvalue weighted by molar-refractivity contribution is 5.73. The number of ether oxygens (including phenoxy) is 9. The molecule has 4 aliphatic heterocycles. The molecular weight excluding hydrogens is 756 g/mol. The van der Waals surface area contributed by atoms with Gasteiger partial charge in [-0.05, 0) is 80.8 Å². The molecule has 16 heteroatoms. The number of nitrogens with zero attached hydrogens (tertiary/aromatic N) is 1. The Morgan fingerprint density at radius 2 is 1.57 bits per heavy atom. The van der Waals surface area contributed by atoms with Crippen molar-refractivity contribution in [2.75, 3.05) is 48.1 Å². The highest BCUT2D eigenvalue weighted by atomic mass is 16.7. The van der Waals surface area contributed by atoms with Crippen LogP contribution in [0.2, 0.25) is 0 Å². The Morgan fingerprint density at radius 1 is 0.897 bits per heavy atom. The average molecular weight is 835 g/mol. The third kappa shape index (κ3) is 11.1. The maximum Gasteiger partial charge on any atom is 0.311 e. The summed E-state index contributed by atoms with van der Waals surface area (Å²) in [6.45, 7) is 19.0. The second kappa shape index (κ2) is 20.4. The fraction of sp³-hybridized carbons (Fsp3) is 0.976. The first-order valence-corrected chi connectivity index (χ1v) is 21.4. The zero-order valence-corrected chi connectivity index (χ0v) is 37.6. The van der Waals surface area contributed by atoms with E-state index in [4.69, 9.17) is 42.6 Å². The zero-order valence-electron chi connectivity index (χ0n) is 37.6. The number of methoxy groups -OCH3 is 2. The molecule has 4 heterocycles. The highest BCUT2D eigenvalue weighted by Crippen LogP contribution is 2.42. The molecule has 20 atom stereocenters. The van der Waals surface area contributed by atoms with Crippen molar-refractivity contribution in [3.05, 3.63) is 0 Å². The summed E-state index contributed by atoms with van der Waals surface area (Å²) in [7, 11) is 6.93. The van der Waals surface area contributed by atoms with Gasteiger partial charge >= 0.3 is 5.97 Å². The molecule has 4 aliphatic rings. The molecule has 340 valence electrons. The molecule has 0 aromatic rings. The monoisotopic (exact) mass is 835 g/mol. The number of carbonyl (C=O) groups is 1. The van der Waals surface area contributed by atoms with Gasteiger partial charge in [-0.15, -0.1) is 0 Å². The van der Waals surface area contributed by atoms with Crippen molar-refractivity contribution in [1.29, 1.82) is 0 Å². The standard InChI is InChI=1S/C42H78N2O14/c1-15-29-42(10,49)37-26(6)35(43-30(56-37)21-52-17-16-50-13)40(8,48)19-22(2)33(58-39-32(45)28(44(11)12)18-23(3)53-39)24(4)34(25(5)38(47)55-29)57-31-20-41(9,51-14)36(46)27(7)54-31/h22-37,39,43,45-46,48-49H,15-21H2,1-14H3/t22-,23?,24+,25+,26-,27?,28?,29+,30-,31?,32?,33-,34-,35+,36?,37+,39?,40-,41?,42+/m0/s1. The van der Waals surface area contributed by atoms with Crippen LogP contribution in [0.3, 0.4) is 0 Å². The van der Waals surface area contributed by atoms with E-state index in [9.17, 15) is 25.2 Å². The van der Waals surface area contributed by atoms with Gasteiger partial charge in [0.15, 0.2) is 12.6 Å². The van der Waals surface area contributed by atoms with Crippen LogP contribution in [0, 0.1) is 23.7 Å². The quantitative estimate of drug-likeness (QED) is 0.142. The number of aliphatic hydroxyl groups excluding tert-OH is 2. The van der Waals surface area contributed by atoms with E-state index in [0.29, 0.717) is 19.6 Å². The molecule has 0 saturated carbocycles. The van der Waals surface area contributed by atoms with E-state index in [0.717, 1.165) is 0 Å². The van der Waals surface area contributed by atoms with Gasteiger partial charge in [-0.1, -0.05) is 27.7 Å². The van der Waals surface area contributed by atoms with Crippen LogP contribution in [-0.2, 0) is 47.4 Å². The minimum Gasteiger partial charge on any atom is -0.459 e. The molecule has 0 spiro atoms. The number of hydrogen-bond donors (Lipinski definition) is 5. The van der Waals surface area contributed by atoms with Gasteiger partial charge in [-0.3, -0.25) is 10.1 Å². The van der Waals surface area contributed by atoms with Gasteiger partial charge in [0.1, 0.15) is 30.1 Å². The summed E-state index contributed by atoms with van der Waals surface area (Å²) in [4.78, 5) is 16.5. The Kier molecular flexibility index (Phi) is 17.4. The van der Waals surface area contributed by atoms with Crippen LogP contribution in [0.4, 0.5) is 0 Å². The maximum atomic E-state index is 14.5. The van der Waals surface area contributed by atoms with Crippen LogP contribution in [0.15, 0.2) is 0 Å². The number of likely N-dealkylation sites (N-methyl/N-ethyl adjacent to an activating group) is 1. The van der Waals surface area contributed by atoms with E-state index >= 15 is 0 Å². The van der Waals surface area contributed by atoms with Gasteiger partial charge in [0, 0.05) is 44.6 Å². The number of cyclic esters (lactones) is 1. The summed E-state index contributed by atoms with van der Waals surface area (Å²) in [6, 6.07) is -0.873. The normalized spacial score (nSPS) is 48.7. The van der Waals surface area contributed by atoms with Crippen molar-refractivity contribution in [2.24, 2.45) is 23.7 Å². The van der Waals surface area contributed by atoms with Gasteiger partial charge in [-0.2, -0.15) is 0 Å². The molecule has 0 aromatic carbocycles. The van der Waals surface area contributed by atoms with Gasteiger partial charge in [-0.25, -0.2) is 0 Å². The molecule has 0 aliphatic carbocycles. The SMILES string of the molecule is CC[C@H]1OC(=O)[C@H](C)[C@@H](OC2CC(C)(OC)C(O)C(C)O2)[C@H](C)[C@@H](OC2OC(C)CC(N(C)C)C2O)[C@@H](C)C[C@](C)(O)[C@@H]2N[C@H](COCCOC)O[C@H]([C@H]2C)[C@]1(C)O. The second-order valence-corrected chi connectivity index (χ2v) is 18.6. The number of rotatable bonds is 12. The summed E-state index contributed by atoms with van der Waals surface area (Å²) in [5.74, 6) is -3.05. The lowest BCUT2D eigenvalue weighted by Crippen LogP contribution is -2.70. The van der Waals surface area contributed by atoms with Crippen LogP contribution >= 0.6 is 0 Å². The summed E-state index contributed by atoms with van der Waals surface area (Å²) in [6.07, 6.45) is -7.83. The Balaban J connectivity index is 1.83. The van der Waals surface area contributed by atoms with E-state index in [1.165, 1.54) is 7.11 Å². The third-order valence-electron chi connectivity index (χ3n) is 13.5. The summed E-state index contributed by atoms with van der Waals surface area (Å²) in [5.41, 5.74) is -4.12. The molecule has 4 fully saturated rings. The smallest absolute Gasteiger partial charge is 0.311 e. The first kappa shape index (κ1) is 49.6. The Hall–Kier alpha value is -1.09. The molecule has 2 bridgehead atoms. The lowest BCUT2D eigenvalue weighted by Gasteiger charge is -2.53. The lowest BCUT2D eigenvalue weighted by molar-refractivity contribution is -0.310. The maximum absolute atomic E-state index is 14.5. The van der Waals surface area contributed by atoms with E-state index in [2.05, 4.69) is 5.32 Å². The van der Waals surface area contributed by atoms with Crippen molar-refractivity contribution in [3.63, 3.8) is 0 Å². The van der Waals surface area contributed by atoms with E-state index in [1.54, 1.807) is 41.7 Å². The Labute approximate surface area is 346 Å². The van der Waals surface area contributed by atoms with Gasteiger partial charge < -0.3 is 68.0 Å². The highest BCUT2D eigenvalue weighted by Gasteiger charge is 2.56. The molecule has 0 aromatic heterocycles. The topological polar surface area (TPSA) is 196 Å². The van der Waals surface area contributed by atoms with Crippen molar-refractivity contribution >= 4 is 5.97 Å². The van der Waals surface area contributed by atoms with Crippen LogP contribution in [-0.4, -0.2) is 176 Å². The van der Waals surface area contributed by atoms with E-state index in [1.807, 2.05) is 53.6 Å². The van der Waals surface area contributed by atoms with Crippen LogP contribution in [0.5, 0.6) is 0 Å². The molecule has 16 nitrogen and oxygen atoms in total. The fourth-order valence-corrected chi connectivity index (χ4v) is 10.0. The lowest BCUT2D eigenvalue weighted by atomic mass is 9.71. The molecular formula is C42H78N2O14. The third-order valence-corrected chi connectivity index (χ3v) is 13.5. The number of aliphatic hydroxyl groups is 4. The Bertz CT molecular complexity index is 1290. The molecule has 8 unspecified atom stereocenters.